The molecule has 0 aromatic carbocycles. The average molecular weight is 320 g/mol. The fraction of sp³-hybridized carbons (Fsp3) is 0.643. The van der Waals surface area contributed by atoms with E-state index in [2.05, 4.69) is 36.4 Å². The van der Waals surface area contributed by atoms with Crippen LogP contribution in [0.5, 0.6) is 0 Å². The third-order valence-corrected chi connectivity index (χ3v) is 3.57. The van der Waals surface area contributed by atoms with Gasteiger partial charge in [0.15, 0.2) is 0 Å². The van der Waals surface area contributed by atoms with Gasteiger partial charge in [-0.25, -0.2) is 4.98 Å². The van der Waals surface area contributed by atoms with E-state index in [9.17, 15) is 0 Å². The summed E-state index contributed by atoms with van der Waals surface area (Å²) < 4.78 is 0. The van der Waals surface area contributed by atoms with Crippen molar-refractivity contribution >= 4 is 34.8 Å². The van der Waals surface area contributed by atoms with E-state index in [0.717, 1.165) is 13.0 Å². The second-order valence-corrected chi connectivity index (χ2v) is 6.38. The first kappa shape index (κ1) is 17.3. The number of nitrogens with zero attached hydrogens (tertiary/aromatic N) is 1. The van der Waals surface area contributed by atoms with Gasteiger partial charge in [0.25, 0.3) is 0 Å². The first-order valence-corrected chi connectivity index (χ1v) is 7.60. The SMILES string of the molecule is CCCNc1nc(NCC(C)(C)CCO)c(Cl)cc1Cl. The molecule has 1 rings (SSSR count). The van der Waals surface area contributed by atoms with Gasteiger partial charge in [0, 0.05) is 19.7 Å². The van der Waals surface area contributed by atoms with Gasteiger partial charge in [-0.1, -0.05) is 44.0 Å². The maximum atomic E-state index is 9.03. The summed E-state index contributed by atoms with van der Waals surface area (Å²) in [6, 6.07) is 1.69. The standard InChI is InChI=1S/C14H23Cl2N3O/c1-4-6-17-12-10(15)8-11(16)13(19-12)18-9-14(2,3)5-7-20/h8,20H,4-7,9H2,1-3H3,(H2,17,18,19). The van der Waals surface area contributed by atoms with Crippen LogP contribution in [0.1, 0.15) is 33.6 Å². The van der Waals surface area contributed by atoms with Crippen molar-refractivity contribution in [1.82, 2.24) is 4.98 Å². The van der Waals surface area contributed by atoms with E-state index in [1.807, 2.05) is 0 Å². The molecule has 1 aromatic heterocycles. The topological polar surface area (TPSA) is 57.2 Å². The molecule has 0 amide bonds. The lowest BCUT2D eigenvalue weighted by molar-refractivity contribution is 0.220. The van der Waals surface area contributed by atoms with Crippen LogP contribution in [0.15, 0.2) is 6.07 Å². The van der Waals surface area contributed by atoms with Gasteiger partial charge in [0.2, 0.25) is 0 Å². The summed E-state index contributed by atoms with van der Waals surface area (Å²) >= 11 is 12.3. The Morgan fingerprint density at radius 1 is 1.20 bits per heavy atom. The van der Waals surface area contributed by atoms with Crippen LogP contribution in [-0.2, 0) is 0 Å². The lowest BCUT2D eigenvalue weighted by Crippen LogP contribution is -2.24. The molecule has 0 saturated heterocycles. The van der Waals surface area contributed by atoms with Gasteiger partial charge >= 0.3 is 0 Å². The molecule has 0 fully saturated rings. The molecule has 0 aliphatic rings. The molecular weight excluding hydrogens is 297 g/mol. The molecule has 6 heteroatoms. The third-order valence-electron chi connectivity index (χ3n) is 2.99. The quantitative estimate of drug-likeness (QED) is 0.677. The molecule has 0 radical (unpaired) electrons. The molecule has 114 valence electrons. The minimum absolute atomic E-state index is 0.0313. The van der Waals surface area contributed by atoms with E-state index in [4.69, 9.17) is 28.3 Å². The predicted octanol–water partition coefficient (Wildman–Crippen LogP) is 4.03. The van der Waals surface area contributed by atoms with Crippen LogP contribution < -0.4 is 10.6 Å². The van der Waals surface area contributed by atoms with E-state index < -0.39 is 0 Å². The Kier molecular flexibility index (Phi) is 6.86. The van der Waals surface area contributed by atoms with Crippen LogP contribution in [0.3, 0.4) is 0 Å². The second kappa shape index (κ2) is 7.91. The zero-order valence-corrected chi connectivity index (χ0v) is 13.8. The molecular formula is C14H23Cl2N3O. The van der Waals surface area contributed by atoms with Crippen LogP contribution in [0.4, 0.5) is 11.6 Å². The number of aromatic nitrogens is 1. The minimum atomic E-state index is -0.0313. The average Bonchev–Trinajstić information content (AvgIpc) is 2.36. The van der Waals surface area contributed by atoms with Crippen molar-refractivity contribution in [2.24, 2.45) is 5.41 Å². The Morgan fingerprint density at radius 3 is 2.35 bits per heavy atom. The maximum absolute atomic E-state index is 9.03. The fourth-order valence-corrected chi connectivity index (χ4v) is 2.16. The Hall–Kier alpha value is -0.710. The highest BCUT2D eigenvalue weighted by atomic mass is 35.5. The molecule has 0 spiro atoms. The van der Waals surface area contributed by atoms with Crippen molar-refractivity contribution in [2.45, 2.75) is 33.6 Å². The first-order chi connectivity index (χ1) is 9.39. The van der Waals surface area contributed by atoms with Crippen LogP contribution in [0, 0.1) is 5.41 Å². The molecule has 1 aromatic rings. The number of hydrogen-bond acceptors (Lipinski definition) is 4. The van der Waals surface area contributed by atoms with E-state index >= 15 is 0 Å². The highest BCUT2D eigenvalue weighted by Gasteiger charge is 2.18. The highest BCUT2D eigenvalue weighted by molar-refractivity contribution is 6.37. The summed E-state index contributed by atoms with van der Waals surface area (Å²) in [5.41, 5.74) is -0.0313. The third kappa shape index (κ3) is 5.35. The number of aliphatic hydroxyl groups excluding tert-OH is 1. The van der Waals surface area contributed by atoms with Crippen molar-refractivity contribution in [2.75, 3.05) is 30.3 Å². The molecule has 0 atom stereocenters. The molecule has 1 heterocycles. The van der Waals surface area contributed by atoms with Gasteiger partial charge in [0.1, 0.15) is 11.6 Å². The van der Waals surface area contributed by atoms with E-state index in [0.29, 0.717) is 34.6 Å². The number of hydrogen-bond donors (Lipinski definition) is 3. The summed E-state index contributed by atoms with van der Waals surface area (Å²) in [6.07, 6.45) is 1.71. The summed E-state index contributed by atoms with van der Waals surface area (Å²) in [5.74, 6) is 1.25. The van der Waals surface area contributed by atoms with E-state index in [-0.39, 0.29) is 12.0 Å². The van der Waals surface area contributed by atoms with Crippen LogP contribution in [0.25, 0.3) is 0 Å². The lowest BCUT2D eigenvalue weighted by Gasteiger charge is -2.24. The molecule has 0 unspecified atom stereocenters. The summed E-state index contributed by atoms with van der Waals surface area (Å²) in [7, 11) is 0. The number of pyridine rings is 1. The van der Waals surface area contributed by atoms with Crippen molar-refractivity contribution in [1.29, 1.82) is 0 Å². The van der Waals surface area contributed by atoms with Gasteiger partial charge in [0.05, 0.1) is 10.0 Å². The van der Waals surface area contributed by atoms with Gasteiger partial charge in [-0.2, -0.15) is 0 Å². The Morgan fingerprint density at radius 2 is 1.80 bits per heavy atom. The monoisotopic (exact) mass is 319 g/mol. The van der Waals surface area contributed by atoms with Crippen molar-refractivity contribution in [3.63, 3.8) is 0 Å². The van der Waals surface area contributed by atoms with Gasteiger partial charge in [-0.3, -0.25) is 0 Å². The number of rotatable bonds is 8. The summed E-state index contributed by atoms with van der Waals surface area (Å²) in [4.78, 5) is 4.42. The number of anilines is 2. The molecule has 0 saturated carbocycles. The van der Waals surface area contributed by atoms with E-state index in [1.54, 1.807) is 6.07 Å². The van der Waals surface area contributed by atoms with Gasteiger partial charge < -0.3 is 15.7 Å². The summed E-state index contributed by atoms with van der Waals surface area (Å²) in [6.45, 7) is 7.89. The van der Waals surface area contributed by atoms with Gasteiger partial charge in [-0.05, 0) is 24.3 Å². The number of aliphatic hydroxyl groups is 1. The first-order valence-electron chi connectivity index (χ1n) is 6.84. The number of nitrogens with one attached hydrogen (secondary N) is 2. The molecule has 4 nitrogen and oxygen atoms in total. The Balaban J connectivity index is 2.79. The van der Waals surface area contributed by atoms with Crippen LogP contribution in [-0.4, -0.2) is 29.8 Å². The van der Waals surface area contributed by atoms with Crippen LogP contribution in [0.2, 0.25) is 10.0 Å². The number of halogens is 2. The predicted molar refractivity (Wildman–Crippen MR) is 87.0 cm³/mol. The smallest absolute Gasteiger partial charge is 0.147 e. The Labute approximate surface area is 130 Å². The van der Waals surface area contributed by atoms with Crippen LogP contribution >= 0.6 is 23.2 Å². The summed E-state index contributed by atoms with van der Waals surface area (Å²) in [5, 5.41) is 16.4. The highest BCUT2D eigenvalue weighted by Crippen LogP contribution is 2.30. The van der Waals surface area contributed by atoms with Crippen molar-refractivity contribution in [3.8, 4) is 0 Å². The molecule has 3 N–H and O–H groups in total. The van der Waals surface area contributed by atoms with Crippen molar-refractivity contribution < 1.29 is 5.11 Å². The minimum Gasteiger partial charge on any atom is -0.396 e. The molecule has 0 aliphatic carbocycles. The largest absolute Gasteiger partial charge is 0.396 e. The fourth-order valence-electron chi connectivity index (χ4n) is 1.67. The zero-order chi connectivity index (χ0) is 15.2. The normalized spacial score (nSPS) is 11.5. The van der Waals surface area contributed by atoms with E-state index in [1.165, 1.54) is 0 Å². The molecule has 0 aliphatic heterocycles. The van der Waals surface area contributed by atoms with Crippen molar-refractivity contribution in [3.05, 3.63) is 16.1 Å². The molecule has 20 heavy (non-hydrogen) atoms. The zero-order valence-electron chi connectivity index (χ0n) is 12.3. The lowest BCUT2D eigenvalue weighted by atomic mass is 9.90. The molecule has 0 bridgehead atoms. The second-order valence-electron chi connectivity index (χ2n) is 5.57. The Bertz CT molecular complexity index is 439. The maximum Gasteiger partial charge on any atom is 0.147 e. The van der Waals surface area contributed by atoms with Gasteiger partial charge in [-0.15, -0.1) is 0 Å².